The summed E-state index contributed by atoms with van der Waals surface area (Å²) in [6, 6.07) is 6.18. The van der Waals surface area contributed by atoms with Crippen LogP contribution in [0.15, 0.2) is 35.3 Å². The van der Waals surface area contributed by atoms with Crippen molar-refractivity contribution in [1.29, 1.82) is 0 Å². The van der Waals surface area contributed by atoms with Crippen LogP contribution in [0.2, 0.25) is 0 Å². The molecule has 1 fully saturated rings. The lowest BCUT2D eigenvalue weighted by molar-refractivity contribution is 0.0723. The van der Waals surface area contributed by atoms with Crippen LogP contribution in [0.4, 0.5) is 5.69 Å². The summed E-state index contributed by atoms with van der Waals surface area (Å²) in [5.41, 5.74) is 0.286. The largest absolute Gasteiger partial charge is 0.497 e. The maximum Gasteiger partial charge on any atom is 0.274 e. The Labute approximate surface area is 169 Å². The molecule has 1 aromatic heterocycles. The lowest BCUT2D eigenvalue weighted by Gasteiger charge is -2.27. The highest BCUT2D eigenvalue weighted by Crippen LogP contribution is 2.23. The van der Waals surface area contributed by atoms with Crippen molar-refractivity contribution >= 4 is 17.5 Å². The summed E-state index contributed by atoms with van der Waals surface area (Å²) < 4.78 is 11.7. The van der Waals surface area contributed by atoms with E-state index in [9.17, 15) is 14.4 Å². The van der Waals surface area contributed by atoms with E-state index in [-0.39, 0.29) is 17.2 Å². The van der Waals surface area contributed by atoms with E-state index in [0.29, 0.717) is 30.2 Å². The Morgan fingerprint density at radius 2 is 1.55 bits per heavy atom. The van der Waals surface area contributed by atoms with Gasteiger partial charge in [-0.2, -0.15) is 0 Å². The molecule has 1 aliphatic heterocycles. The molecular formula is C21H25N3O5. The van der Waals surface area contributed by atoms with E-state index in [4.69, 9.17) is 9.47 Å². The molecule has 0 bridgehead atoms. The van der Waals surface area contributed by atoms with E-state index in [2.05, 4.69) is 5.32 Å². The Morgan fingerprint density at radius 3 is 2.14 bits per heavy atom. The van der Waals surface area contributed by atoms with Crippen LogP contribution in [0.1, 0.15) is 40.0 Å². The smallest absolute Gasteiger partial charge is 0.274 e. The van der Waals surface area contributed by atoms with Gasteiger partial charge in [-0.15, -0.1) is 0 Å². The third-order valence-electron chi connectivity index (χ3n) is 4.94. The first-order valence-corrected chi connectivity index (χ1v) is 9.47. The van der Waals surface area contributed by atoms with Crippen LogP contribution >= 0.6 is 0 Å². The van der Waals surface area contributed by atoms with E-state index >= 15 is 0 Å². The van der Waals surface area contributed by atoms with Crippen molar-refractivity contribution in [3.05, 3.63) is 51.9 Å². The summed E-state index contributed by atoms with van der Waals surface area (Å²) in [4.78, 5) is 39.8. The monoisotopic (exact) mass is 399 g/mol. The standard InChI is InChI=1S/C21H25N3O5/c1-23-13-15(20(26)24-7-5-4-6-8-24)11-18(21(23)27)22-19(25)14-9-16(28-2)12-17(10-14)29-3/h9-13H,4-8H2,1-3H3,(H,22,25). The van der Waals surface area contributed by atoms with Crippen LogP contribution in [-0.4, -0.2) is 48.6 Å². The fourth-order valence-corrected chi connectivity index (χ4v) is 3.33. The van der Waals surface area contributed by atoms with Crippen molar-refractivity contribution in [2.45, 2.75) is 19.3 Å². The van der Waals surface area contributed by atoms with E-state index in [1.807, 2.05) is 0 Å². The highest BCUT2D eigenvalue weighted by molar-refractivity contribution is 6.05. The quantitative estimate of drug-likeness (QED) is 0.833. The van der Waals surface area contributed by atoms with Gasteiger partial charge in [0.1, 0.15) is 17.2 Å². The fraction of sp³-hybridized carbons (Fsp3) is 0.381. The number of aryl methyl sites for hydroxylation is 1. The number of anilines is 1. The number of piperidine rings is 1. The van der Waals surface area contributed by atoms with Crippen LogP contribution in [0.5, 0.6) is 11.5 Å². The summed E-state index contributed by atoms with van der Waals surface area (Å²) in [6.45, 7) is 1.40. The zero-order chi connectivity index (χ0) is 21.0. The average molecular weight is 399 g/mol. The molecule has 0 spiro atoms. The third kappa shape index (κ3) is 4.59. The number of likely N-dealkylation sites (tertiary alicyclic amines) is 1. The minimum absolute atomic E-state index is 0.0437. The van der Waals surface area contributed by atoms with Crippen molar-refractivity contribution in [2.24, 2.45) is 7.05 Å². The van der Waals surface area contributed by atoms with Gasteiger partial charge in [0.15, 0.2) is 0 Å². The van der Waals surface area contributed by atoms with Gasteiger partial charge >= 0.3 is 0 Å². The number of hydrogen-bond acceptors (Lipinski definition) is 5. The Morgan fingerprint density at radius 1 is 0.931 bits per heavy atom. The third-order valence-corrected chi connectivity index (χ3v) is 4.94. The number of aromatic nitrogens is 1. The van der Waals surface area contributed by atoms with Gasteiger partial charge in [0.2, 0.25) is 0 Å². The minimum atomic E-state index is -0.498. The van der Waals surface area contributed by atoms with Crippen LogP contribution in [0, 0.1) is 0 Å². The Bertz CT molecular complexity index is 955. The maximum atomic E-state index is 12.8. The summed E-state index contributed by atoms with van der Waals surface area (Å²) in [5.74, 6) is 0.272. The molecule has 0 saturated carbocycles. The zero-order valence-corrected chi connectivity index (χ0v) is 16.9. The Hall–Kier alpha value is -3.29. The zero-order valence-electron chi connectivity index (χ0n) is 16.9. The summed E-state index contributed by atoms with van der Waals surface area (Å²) in [5, 5.41) is 2.61. The number of methoxy groups -OCH3 is 2. The van der Waals surface area contributed by atoms with Gasteiger partial charge in [-0.05, 0) is 37.5 Å². The van der Waals surface area contributed by atoms with Crippen molar-refractivity contribution in [3.8, 4) is 11.5 Å². The lowest BCUT2D eigenvalue weighted by Crippen LogP contribution is -2.36. The molecule has 8 heteroatoms. The normalized spacial score (nSPS) is 13.7. The van der Waals surface area contributed by atoms with Gasteiger partial charge in [0.05, 0.1) is 19.8 Å². The number of ether oxygens (including phenoxy) is 2. The van der Waals surface area contributed by atoms with E-state index in [0.717, 1.165) is 19.3 Å². The predicted octanol–water partition coefficient (Wildman–Crippen LogP) is 2.28. The summed E-state index contributed by atoms with van der Waals surface area (Å²) in [7, 11) is 4.53. The van der Waals surface area contributed by atoms with E-state index in [1.165, 1.54) is 31.0 Å². The van der Waals surface area contributed by atoms with Gasteiger partial charge in [-0.3, -0.25) is 14.4 Å². The number of nitrogens with one attached hydrogen (secondary N) is 1. The first-order valence-electron chi connectivity index (χ1n) is 9.47. The SMILES string of the molecule is COc1cc(OC)cc(C(=O)Nc2cc(C(=O)N3CCCCC3)cn(C)c2=O)c1. The van der Waals surface area contributed by atoms with Crippen LogP contribution in [-0.2, 0) is 7.05 Å². The highest BCUT2D eigenvalue weighted by Gasteiger charge is 2.21. The molecule has 2 amide bonds. The summed E-state index contributed by atoms with van der Waals surface area (Å²) in [6.07, 6.45) is 4.56. The van der Waals surface area contributed by atoms with Crippen LogP contribution in [0.25, 0.3) is 0 Å². The second-order valence-electron chi connectivity index (χ2n) is 6.97. The fourth-order valence-electron chi connectivity index (χ4n) is 3.33. The molecule has 8 nitrogen and oxygen atoms in total. The molecule has 2 aromatic rings. The molecule has 3 rings (SSSR count). The molecule has 0 radical (unpaired) electrons. The first kappa shape index (κ1) is 20.4. The second kappa shape index (κ2) is 8.81. The first-order chi connectivity index (χ1) is 13.9. The molecule has 2 heterocycles. The number of hydrogen-bond donors (Lipinski definition) is 1. The molecule has 1 saturated heterocycles. The molecule has 1 aliphatic rings. The molecule has 0 aliphatic carbocycles. The number of amides is 2. The molecule has 1 N–H and O–H groups in total. The average Bonchev–Trinajstić information content (AvgIpc) is 2.76. The number of pyridine rings is 1. The van der Waals surface area contributed by atoms with Gasteiger partial charge < -0.3 is 24.3 Å². The molecule has 0 atom stereocenters. The minimum Gasteiger partial charge on any atom is -0.497 e. The lowest BCUT2D eigenvalue weighted by atomic mass is 10.1. The highest BCUT2D eigenvalue weighted by atomic mass is 16.5. The summed E-state index contributed by atoms with van der Waals surface area (Å²) >= 11 is 0. The topological polar surface area (TPSA) is 89.9 Å². The number of nitrogens with zero attached hydrogens (tertiary/aromatic N) is 2. The van der Waals surface area contributed by atoms with Gasteiger partial charge in [0, 0.05) is 38.0 Å². The van der Waals surface area contributed by atoms with E-state index in [1.54, 1.807) is 30.1 Å². The van der Waals surface area contributed by atoms with Crippen LogP contribution in [0.3, 0.4) is 0 Å². The van der Waals surface area contributed by atoms with Crippen molar-refractivity contribution < 1.29 is 19.1 Å². The molecule has 1 aromatic carbocycles. The molecule has 154 valence electrons. The van der Waals surface area contributed by atoms with Crippen molar-refractivity contribution in [2.75, 3.05) is 32.6 Å². The van der Waals surface area contributed by atoms with Gasteiger partial charge in [0.25, 0.3) is 17.4 Å². The Balaban J connectivity index is 1.89. The number of carbonyl (C=O) groups excluding carboxylic acids is 2. The predicted molar refractivity (Wildman–Crippen MR) is 109 cm³/mol. The molecule has 29 heavy (non-hydrogen) atoms. The van der Waals surface area contributed by atoms with Crippen molar-refractivity contribution in [1.82, 2.24) is 9.47 Å². The second-order valence-corrected chi connectivity index (χ2v) is 6.97. The molecule has 0 unspecified atom stereocenters. The molecular weight excluding hydrogens is 374 g/mol. The maximum absolute atomic E-state index is 12.8. The van der Waals surface area contributed by atoms with Crippen molar-refractivity contribution in [3.63, 3.8) is 0 Å². The van der Waals surface area contributed by atoms with Gasteiger partial charge in [-0.25, -0.2) is 0 Å². The number of benzene rings is 1. The Kier molecular flexibility index (Phi) is 6.21. The van der Waals surface area contributed by atoms with E-state index < -0.39 is 11.5 Å². The number of rotatable bonds is 5. The van der Waals surface area contributed by atoms with Gasteiger partial charge in [-0.1, -0.05) is 0 Å². The van der Waals surface area contributed by atoms with Crippen LogP contribution < -0.4 is 20.3 Å². The number of carbonyl (C=O) groups is 2.